The van der Waals surface area contributed by atoms with Crippen LogP contribution in [0.4, 0.5) is 18.9 Å². The molecule has 2 rings (SSSR count). The predicted molar refractivity (Wildman–Crippen MR) is 61.6 cm³/mol. The van der Waals surface area contributed by atoms with E-state index in [4.69, 9.17) is 5.73 Å². The zero-order chi connectivity index (χ0) is 12.5. The van der Waals surface area contributed by atoms with Crippen LogP contribution in [0.25, 0.3) is 10.9 Å². The maximum Gasteiger partial charge on any atom is 0.389 e. The minimum absolute atomic E-state index is 0.0710. The molecule has 2 N–H and O–H groups in total. The Morgan fingerprint density at radius 3 is 2.65 bits per heavy atom. The first-order chi connectivity index (χ1) is 7.97. The van der Waals surface area contributed by atoms with Crippen molar-refractivity contribution in [2.45, 2.75) is 25.6 Å². The van der Waals surface area contributed by atoms with Crippen LogP contribution in [0.15, 0.2) is 30.5 Å². The lowest BCUT2D eigenvalue weighted by atomic mass is 10.2. The number of nitrogens with two attached hydrogens (primary N) is 1. The molecule has 0 bridgehead atoms. The molecule has 0 radical (unpaired) electrons. The molecule has 5 heteroatoms. The number of rotatable bonds is 3. The number of halogens is 3. The number of anilines is 1. The van der Waals surface area contributed by atoms with Crippen LogP contribution in [0, 0.1) is 0 Å². The molecule has 0 unspecified atom stereocenters. The smallest absolute Gasteiger partial charge is 0.389 e. The van der Waals surface area contributed by atoms with Crippen molar-refractivity contribution in [3.63, 3.8) is 0 Å². The first-order valence-electron chi connectivity index (χ1n) is 5.37. The van der Waals surface area contributed by atoms with E-state index in [1.165, 1.54) is 0 Å². The Morgan fingerprint density at radius 1 is 1.18 bits per heavy atom. The van der Waals surface area contributed by atoms with Gasteiger partial charge in [-0.3, -0.25) is 0 Å². The molecule has 1 aromatic carbocycles. The van der Waals surface area contributed by atoms with Gasteiger partial charge in [0.25, 0.3) is 0 Å². The first kappa shape index (κ1) is 11.8. The number of nitrogens with zero attached hydrogens (tertiary/aromatic N) is 1. The summed E-state index contributed by atoms with van der Waals surface area (Å²) in [5.41, 5.74) is 7.23. The van der Waals surface area contributed by atoms with E-state index in [0.717, 1.165) is 10.9 Å². The quantitative estimate of drug-likeness (QED) is 0.819. The van der Waals surface area contributed by atoms with Crippen molar-refractivity contribution in [2.24, 2.45) is 0 Å². The van der Waals surface area contributed by atoms with Crippen molar-refractivity contribution in [3.05, 3.63) is 30.5 Å². The zero-order valence-corrected chi connectivity index (χ0v) is 9.17. The summed E-state index contributed by atoms with van der Waals surface area (Å²) in [4.78, 5) is 0. The maximum atomic E-state index is 12.0. The van der Waals surface area contributed by atoms with Crippen molar-refractivity contribution in [1.82, 2.24) is 4.57 Å². The number of para-hydroxylation sites is 1. The van der Waals surface area contributed by atoms with Gasteiger partial charge in [-0.05, 0) is 18.6 Å². The molecular weight excluding hydrogens is 229 g/mol. The third-order valence-corrected chi connectivity index (χ3v) is 2.68. The molecule has 0 atom stereocenters. The summed E-state index contributed by atoms with van der Waals surface area (Å²) in [5, 5.41) is 0.956. The molecule has 0 saturated carbocycles. The Morgan fingerprint density at radius 2 is 1.94 bits per heavy atom. The predicted octanol–water partition coefficient (Wildman–Crippen LogP) is 3.57. The molecule has 0 saturated heterocycles. The molecule has 0 aliphatic heterocycles. The molecule has 1 aromatic heterocycles. The first-order valence-corrected chi connectivity index (χ1v) is 5.37. The fourth-order valence-corrected chi connectivity index (χ4v) is 1.93. The molecule has 0 aliphatic rings. The molecule has 17 heavy (non-hydrogen) atoms. The van der Waals surface area contributed by atoms with E-state index in [1.807, 2.05) is 18.2 Å². The van der Waals surface area contributed by atoms with Gasteiger partial charge in [0, 0.05) is 24.5 Å². The second kappa shape index (κ2) is 4.31. The number of aromatic nitrogens is 1. The summed E-state index contributed by atoms with van der Waals surface area (Å²) >= 11 is 0. The molecule has 92 valence electrons. The normalized spacial score (nSPS) is 12.2. The summed E-state index contributed by atoms with van der Waals surface area (Å²) in [5.74, 6) is 0. The molecule has 0 aliphatic carbocycles. The molecule has 0 fully saturated rings. The number of aryl methyl sites for hydroxylation is 1. The van der Waals surface area contributed by atoms with Gasteiger partial charge in [-0.15, -0.1) is 0 Å². The van der Waals surface area contributed by atoms with E-state index >= 15 is 0 Å². The van der Waals surface area contributed by atoms with Crippen molar-refractivity contribution >= 4 is 16.6 Å². The summed E-state index contributed by atoms with van der Waals surface area (Å²) in [7, 11) is 0. The van der Waals surface area contributed by atoms with Crippen LogP contribution < -0.4 is 5.73 Å². The number of hydrogen-bond acceptors (Lipinski definition) is 1. The van der Waals surface area contributed by atoms with Crippen LogP contribution in [0.3, 0.4) is 0 Å². The molecule has 2 aromatic rings. The Bertz CT molecular complexity index is 514. The SMILES string of the molecule is Nc1cccc2ccn(CCCC(F)(F)F)c12. The Labute approximate surface area is 96.8 Å². The third kappa shape index (κ3) is 2.72. The topological polar surface area (TPSA) is 30.9 Å². The van der Waals surface area contributed by atoms with Gasteiger partial charge in [0.1, 0.15) is 0 Å². The summed E-state index contributed by atoms with van der Waals surface area (Å²) < 4.78 is 37.9. The number of benzene rings is 1. The van der Waals surface area contributed by atoms with E-state index in [-0.39, 0.29) is 6.42 Å². The molecule has 0 amide bonds. The Balaban J connectivity index is 2.14. The number of fused-ring (bicyclic) bond motifs is 1. The number of hydrogen-bond donors (Lipinski definition) is 1. The van der Waals surface area contributed by atoms with Crippen molar-refractivity contribution < 1.29 is 13.2 Å². The minimum Gasteiger partial charge on any atom is -0.397 e. The van der Waals surface area contributed by atoms with E-state index in [9.17, 15) is 13.2 Å². The van der Waals surface area contributed by atoms with Gasteiger partial charge in [0.05, 0.1) is 11.2 Å². The monoisotopic (exact) mass is 242 g/mol. The summed E-state index contributed by atoms with van der Waals surface area (Å²) in [6.45, 7) is 0.331. The average Bonchev–Trinajstić information content (AvgIpc) is 2.61. The van der Waals surface area contributed by atoms with Crippen LogP contribution >= 0.6 is 0 Å². The van der Waals surface area contributed by atoms with Gasteiger partial charge in [-0.2, -0.15) is 13.2 Å². The highest BCUT2D eigenvalue weighted by Crippen LogP contribution is 2.25. The maximum absolute atomic E-state index is 12.0. The van der Waals surface area contributed by atoms with Gasteiger partial charge in [0.15, 0.2) is 0 Å². The molecule has 2 nitrogen and oxygen atoms in total. The van der Waals surface area contributed by atoms with Crippen LogP contribution in [0.2, 0.25) is 0 Å². The highest BCUT2D eigenvalue weighted by molar-refractivity contribution is 5.90. The van der Waals surface area contributed by atoms with Gasteiger partial charge < -0.3 is 10.3 Å². The van der Waals surface area contributed by atoms with Crippen molar-refractivity contribution in [2.75, 3.05) is 5.73 Å². The Hall–Kier alpha value is -1.65. The zero-order valence-electron chi connectivity index (χ0n) is 9.17. The molecule has 1 heterocycles. The summed E-state index contributed by atoms with van der Waals surface area (Å²) in [6, 6.07) is 7.34. The largest absolute Gasteiger partial charge is 0.397 e. The minimum atomic E-state index is -4.09. The van der Waals surface area contributed by atoms with Crippen LogP contribution in [-0.4, -0.2) is 10.7 Å². The lowest BCUT2D eigenvalue weighted by Crippen LogP contribution is -2.09. The van der Waals surface area contributed by atoms with Crippen molar-refractivity contribution in [3.8, 4) is 0 Å². The number of nitrogen functional groups attached to an aromatic ring is 1. The number of alkyl halides is 3. The second-order valence-electron chi connectivity index (χ2n) is 4.01. The van der Waals surface area contributed by atoms with Gasteiger partial charge >= 0.3 is 6.18 Å². The van der Waals surface area contributed by atoms with E-state index in [2.05, 4.69) is 0 Å². The van der Waals surface area contributed by atoms with Gasteiger partial charge in [0.2, 0.25) is 0 Å². The average molecular weight is 242 g/mol. The lowest BCUT2D eigenvalue weighted by molar-refractivity contribution is -0.135. The molecular formula is C12H13F3N2. The summed E-state index contributed by atoms with van der Waals surface area (Å²) in [6.07, 6.45) is -3.01. The van der Waals surface area contributed by atoms with Crippen LogP contribution in [-0.2, 0) is 6.54 Å². The van der Waals surface area contributed by atoms with E-state index < -0.39 is 12.6 Å². The third-order valence-electron chi connectivity index (χ3n) is 2.68. The van der Waals surface area contributed by atoms with Crippen molar-refractivity contribution in [1.29, 1.82) is 0 Å². The standard InChI is InChI=1S/C12H13F3N2/c13-12(14,15)6-2-7-17-8-5-9-3-1-4-10(16)11(9)17/h1,3-5,8H,2,6-7,16H2. The van der Waals surface area contributed by atoms with Crippen LogP contribution in [0.1, 0.15) is 12.8 Å². The van der Waals surface area contributed by atoms with Crippen LogP contribution in [0.5, 0.6) is 0 Å². The van der Waals surface area contributed by atoms with Gasteiger partial charge in [-0.1, -0.05) is 12.1 Å². The molecule has 0 spiro atoms. The second-order valence-corrected chi connectivity index (χ2v) is 4.01. The highest BCUT2D eigenvalue weighted by Gasteiger charge is 2.26. The van der Waals surface area contributed by atoms with E-state index in [0.29, 0.717) is 12.2 Å². The fraction of sp³-hybridized carbons (Fsp3) is 0.333. The highest BCUT2D eigenvalue weighted by atomic mass is 19.4. The fourth-order valence-electron chi connectivity index (χ4n) is 1.93. The van der Waals surface area contributed by atoms with E-state index in [1.54, 1.807) is 16.8 Å². The lowest BCUT2D eigenvalue weighted by Gasteiger charge is -2.09. The Kier molecular flexibility index (Phi) is 3.00. The van der Waals surface area contributed by atoms with Gasteiger partial charge in [-0.25, -0.2) is 0 Å².